The molecule has 0 amide bonds. The lowest BCUT2D eigenvalue weighted by molar-refractivity contribution is -0.160. The van der Waals surface area contributed by atoms with Gasteiger partial charge in [0.1, 0.15) is 11.1 Å². The van der Waals surface area contributed by atoms with Crippen LogP contribution in [0.4, 0.5) is 5.69 Å². The summed E-state index contributed by atoms with van der Waals surface area (Å²) in [4.78, 5) is 17.3. The van der Waals surface area contributed by atoms with Crippen LogP contribution in [-0.2, 0) is 19.7 Å². The Bertz CT molecular complexity index is 1640. The molecule has 10 nitrogen and oxygen atoms in total. The number of fused-ring (bicyclic) bond motifs is 4. The number of hydrogen-bond donors (Lipinski definition) is 1. The zero-order valence-corrected chi connectivity index (χ0v) is 23.7. The molecule has 8 rings (SSSR count). The van der Waals surface area contributed by atoms with Gasteiger partial charge in [0.25, 0.3) is 0 Å². The number of nitriles is 1. The monoisotopic (exact) mass is 569 g/mol. The number of rotatable bonds is 6. The average molecular weight is 570 g/mol. The fourth-order valence-electron chi connectivity index (χ4n) is 6.78. The molecule has 0 radical (unpaired) electrons. The lowest BCUT2D eigenvalue weighted by atomic mass is 9.54. The van der Waals surface area contributed by atoms with Gasteiger partial charge in [0.15, 0.2) is 5.01 Å². The molecule has 0 unspecified atom stereocenters. The first-order valence-electron chi connectivity index (χ1n) is 14.2. The maximum absolute atomic E-state index is 12.5. The Labute approximate surface area is 241 Å². The largest absolute Gasteiger partial charge is 0.469 e. The van der Waals surface area contributed by atoms with E-state index in [2.05, 4.69) is 27.6 Å². The van der Waals surface area contributed by atoms with Crippen molar-refractivity contribution < 1.29 is 14.3 Å². The highest BCUT2D eigenvalue weighted by Gasteiger charge is 2.55. The molecule has 4 aromatic rings. The zero-order valence-electron chi connectivity index (χ0n) is 22.9. The van der Waals surface area contributed by atoms with E-state index in [4.69, 9.17) is 19.6 Å². The minimum Gasteiger partial charge on any atom is -0.469 e. The van der Waals surface area contributed by atoms with E-state index >= 15 is 0 Å². The first-order valence-corrected chi connectivity index (χ1v) is 15.0. The second-order valence-electron chi connectivity index (χ2n) is 11.5. The molecule has 2 bridgehead atoms. The molecule has 4 aliphatic rings. The minimum atomic E-state index is -0.321. The van der Waals surface area contributed by atoms with Gasteiger partial charge < -0.3 is 14.8 Å². The molecule has 41 heavy (non-hydrogen) atoms. The summed E-state index contributed by atoms with van der Waals surface area (Å²) in [6, 6.07) is 10.2. The van der Waals surface area contributed by atoms with E-state index in [0.29, 0.717) is 5.56 Å². The summed E-state index contributed by atoms with van der Waals surface area (Å²) < 4.78 is 12.6. The predicted molar refractivity (Wildman–Crippen MR) is 153 cm³/mol. The van der Waals surface area contributed by atoms with Crippen LogP contribution in [0.15, 0.2) is 36.7 Å². The molecular weight excluding hydrogens is 538 g/mol. The summed E-state index contributed by atoms with van der Waals surface area (Å²) in [5.74, 6) is -0.0600. The third-order valence-electron chi connectivity index (χ3n) is 9.35. The van der Waals surface area contributed by atoms with Crippen LogP contribution < -0.4 is 5.32 Å². The van der Waals surface area contributed by atoms with Gasteiger partial charge in [0, 0.05) is 36.6 Å². The second kappa shape index (κ2) is 10.2. The second-order valence-corrected chi connectivity index (χ2v) is 12.5. The van der Waals surface area contributed by atoms with Crippen LogP contribution in [-0.4, -0.2) is 57.1 Å². The summed E-state index contributed by atoms with van der Waals surface area (Å²) in [5.41, 5.74) is 4.53. The molecule has 1 N–H and O–H groups in total. The number of aromatic nitrogens is 5. The first-order chi connectivity index (χ1) is 20.0. The minimum absolute atomic E-state index is 0.0217. The zero-order chi connectivity index (χ0) is 28.0. The average Bonchev–Trinajstić information content (AvgIpc) is 3.70. The molecule has 4 aromatic heterocycles. The van der Waals surface area contributed by atoms with Crippen LogP contribution in [0.25, 0.3) is 27.5 Å². The van der Waals surface area contributed by atoms with Gasteiger partial charge in [-0.05, 0) is 75.6 Å². The Morgan fingerprint density at radius 3 is 2.63 bits per heavy atom. The van der Waals surface area contributed by atoms with Crippen LogP contribution >= 0.6 is 11.3 Å². The Morgan fingerprint density at radius 2 is 1.90 bits per heavy atom. The van der Waals surface area contributed by atoms with Crippen LogP contribution in [0.5, 0.6) is 0 Å². The molecule has 3 aliphatic carbocycles. The van der Waals surface area contributed by atoms with E-state index in [1.807, 2.05) is 28.9 Å². The number of carbonyl (C=O) groups is 1. The van der Waals surface area contributed by atoms with Crippen molar-refractivity contribution in [3.05, 3.63) is 47.2 Å². The number of esters is 1. The molecule has 5 heterocycles. The number of hydrogen-bond acceptors (Lipinski definition) is 10. The molecule has 1 saturated heterocycles. The molecule has 11 heteroatoms. The first kappa shape index (κ1) is 26.0. The van der Waals surface area contributed by atoms with E-state index in [9.17, 15) is 10.1 Å². The van der Waals surface area contributed by atoms with Crippen molar-refractivity contribution in [2.24, 2.45) is 5.41 Å². The highest BCUT2D eigenvalue weighted by atomic mass is 32.1. The number of nitrogens with one attached hydrogen (secondary N) is 1. The normalized spacial score (nSPS) is 24.3. The number of pyridine rings is 1. The molecule has 1 aliphatic heterocycles. The summed E-state index contributed by atoms with van der Waals surface area (Å²) in [5, 5.41) is 28.8. The van der Waals surface area contributed by atoms with E-state index in [1.54, 1.807) is 17.5 Å². The summed E-state index contributed by atoms with van der Waals surface area (Å²) in [6.07, 6.45) is 10.6. The van der Waals surface area contributed by atoms with Crippen molar-refractivity contribution in [1.82, 2.24) is 24.8 Å². The molecule has 4 fully saturated rings. The Balaban J connectivity index is 1.23. The van der Waals surface area contributed by atoms with Crippen molar-refractivity contribution in [2.75, 3.05) is 25.6 Å². The molecule has 0 spiro atoms. The van der Waals surface area contributed by atoms with Gasteiger partial charge in [0.05, 0.1) is 46.8 Å². The van der Waals surface area contributed by atoms with Gasteiger partial charge in [-0.2, -0.15) is 10.4 Å². The van der Waals surface area contributed by atoms with Gasteiger partial charge in [-0.25, -0.2) is 4.52 Å². The number of anilines is 1. The molecule has 0 atom stereocenters. The van der Waals surface area contributed by atoms with E-state index in [0.717, 1.165) is 103 Å². The van der Waals surface area contributed by atoms with Crippen molar-refractivity contribution >= 4 is 28.5 Å². The van der Waals surface area contributed by atoms with Crippen LogP contribution in [0.2, 0.25) is 0 Å². The van der Waals surface area contributed by atoms with Gasteiger partial charge in [0.2, 0.25) is 0 Å². The summed E-state index contributed by atoms with van der Waals surface area (Å²) >= 11 is 1.65. The topological polar surface area (TPSA) is 127 Å². The third-order valence-corrected chi connectivity index (χ3v) is 10.6. The number of nitrogens with zero attached hydrogens (tertiary/aromatic N) is 6. The maximum Gasteiger partial charge on any atom is 0.311 e. The van der Waals surface area contributed by atoms with E-state index in [1.165, 1.54) is 7.11 Å². The van der Waals surface area contributed by atoms with Crippen molar-refractivity contribution in [1.29, 1.82) is 5.26 Å². The van der Waals surface area contributed by atoms with Crippen molar-refractivity contribution in [3.8, 4) is 28.0 Å². The summed E-state index contributed by atoms with van der Waals surface area (Å²) in [6.45, 7) is 1.47. The van der Waals surface area contributed by atoms with Gasteiger partial charge in [-0.15, -0.1) is 10.2 Å². The number of carbonyl (C=O) groups excluding carboxylic acids is 1. The molecular formula is C30H31N7O3S. The SMILES string of the molecule is COC(=O)C12CCC(c3nnc(-c4cnc(-c5ccc6cc(C#N)cnn56)cc4NC4CCOCC4)s3)(CC1)CC2. The fourth-order valence-corrected chi connectivity index (χ4v) is 7.92. The smallest absolute Gasteiger partial charge is 0.311 e. The van der Waals surface area contributed by atoms with Crippen LogP contribution in [0.1, 0.15) is 61.9 Å². The Morgan fingerprint density at radius 1 is 1.12 bits per heavy atom. The molecule has 0 aromatic carbocycles. The van der Waals surface area contributed by atoms with Gasteiger partial charge in [-0.1, -0.05) is 11.3 Å². The molecule has 210 valence electrons. The van der Waals surface area contributed by atoms with E-state index < -0.39 is 0 Å². The third kappa shape index (κ3) is 4.46. The number of ether oxygens (including phenoxy) is 2. The van der Waals surface area contributed by atoms with Gasteiger partial charge in [-0.3, -0.25) is 9.78 Å². The fraction of sp³-hybridized carbons (Fsp3) is 0.467. The Hall–Kier alpha value is -3.88. The highest BCUT2D eigenvalue weighted by Crippen LogP contribution is 2.58. The molecule has 3 saturated carbocycles. The predicted octanol–water partition coefficient (Wildman–Crippen LogP) is 5.14. The van der Waals surface area contributed by atoms with Crippen LogP contribution in [0.3, 0.4) is 0 Å². The lowest BCUT2D eigenvalue weighted by Gasteiger charge is -2.50. The highest BCUT2D eigenvalue weighted by molar-refractivity contribution is 7.14. The summed E-state index contributed by atoms with van der Waals surface area (Å²) in [7, 11) is 1.50. The lowest BCUT2D eigenvalue weighted by Crippen LogP contribution is -2.48. The quantitative estimate of drug-likeness (QED) is 0.314. The van der Waals surface area contributed by atoms with Crippen molar-refractivity contribution in [3.63, 3.8) is 0 Å². The van der Waals surface area contributed by atoms with Crippen molar-refractivity contribution in [2.45, 2.75) is 62.8 Å². The Kier molecular flexibility index (Phi) is 6.47. The van der Waals surface area contributed by atoms with Gasteiger partial charge >= 0.3 is 5.97 Å². The van der Waals surface area contributed by atoms with E-state index in [-0.39, 0.29) is 22.8 Å². The number of methoxy groups -OCH3 is 1. The standard InChI is InChI=1S/C30H31N7O3S/c1-39-28(38)30-9-6-29(7-10-30,8-11-30)27-36-35-26(41-27)22-18-32-24(15-23(22)34-20-4-12-40-13-5-20)25-3-2-21-14-19(16-31)17-33-37(21)25/h2-3,14-15,17-18,20H,4-13H2,1H3,(H,32,34). The maximum atomic E-state index is 12.5. The van der Waals surface area contributed by atoms with Crippen LogP contribution in [0, 0.1) is 16.7 Å².